The number of hydrogen-bond donors (Lipinski definition) is 2. The van der Waals surface area contributed by atoms with Gasteiger partial charge in [-0.2, -0.15) is 18.4 Å². The molecule has 45 heavy (non-hydrogen) atoms. The van der Waals surface area contributed by atoms with E-state index in [1.807, 2.05) is 6.07 Å². The Labute approximate surface area is 264 Å². The highest BCUT2D eigenvalue weighted by molar-refractivity contribution is 7.18. The van der Waals surface area contributed by atoms with Crippen LogP contribution in [0.5, 0.6) is 0 Å². The second kappa shape index (κ2) is 13.0. The minimum atomic E-state index is -4.26. The third-order valence-electron chi connectivity index (χ3n) is 9.05. The molecule has 1 atom stereocenters. The Balaban J connectivity index is 1.08. The number of likely N-dealkylation sites (tertiary alicyclic amines) is 1. The molecule has 0 amide bonds. The third kappa shape index (κ3) is 7.14. The van der Waals surface area contributed by atoms with E-state index in [4.69, 9.17) is 0 Å². The van der Waals surface area contributed by atoms with Crippen LogP contribution in [0, 0.1) is 18.3 Å². The van der Waals surface area contributed by atoms with Gasteiger partial charge in [0.1, 0.15) is 34.5 Å². The number of fused-ring (bicyclic) bond motifs is 2. The highest BCUT2D eigenvalue weighted by atomic mass is 32.1. The molecule has 1 aromatic carbocycles. The normalized spacial score (nSPS) is 18.9. The lowest BCUT2D eigenvalue weighted by atomic mass is 10.0. The smallest absolute Gasteiger partial charge is 0.367 e. The molecule has 6 rings (SSSR count). The summed E-state index contributed by atoms with van der Waals surface area (Å²) in [6.45, 7) is 10.1. The maximum absolute atomic E-state index is 12.9. The Hall–Kier alpha value is -3.57. The fourth-order valence-corrected chi connectivity index (χ4v) is 7.56. The van der Waals surface area contributed by atoms with E-state index in [0.29, 0.717) is 34.8 Å². The van der Waals surface area contributed by atoms with Crippen LogP contribution in [0.1, 0.15) is 41.5 Å². The number of aryl methyl sites for hydroxylation is 1. The Bertz CT molecular complexity index is 1730. The number of nitriles is 1. The molecule has 2 fully saturated rings. The largest absolute Gasteiger partial charge is 0.393 e. The van der Waals surface area contributed by atoms with Crippen molar-refractivity contribution in [2.24, 2.45) is 0 Å². The van der Waals surface area contributed by atoms with Crippen LogP contribution >= 0.6 is 11.3 Å². The van der Waals surface area contributed by atoms with Crippen LogP contribution in [0.15, 0.2) is 30.6 Å². The molecule has 3 aromatic heterocycles. The van der Waals surface area contributed by atoms with Crippen molar-refractivity contribution in [3.63, 3.8) is 0 Å². The van der Waals surface area contributed by atoms with Crippen molar-refractivity contribution in [3.05, 3.63) is 52.3 Å². The van der Waals surface area contributed by atoms with Gasteiger partial charge < -0.3 is 15.2 Å². The van der Waals surface area contributed by atoms with Crippen molar-refractivity contribution in [1.29, 1.82) is 5.26 Å². The Morgan fingerprint density at radius 2 is 1.93 bits per heavy atom. The quantitative estimate of drug-likeness (QED) is 0.268. The topological polar surface area (TPSA) is 102 Å². The lowest BCUT2D eigenvalue weighted by Crippen LogP contribution is -2.54. The van der Waals surface area contributed by atoms with E-state index >= 15 is 0 Å². The number of carbonyl (C=O) groups is 1. The first-order valence-corrected chi connectivity index (χ1v) is 16.2. The number of Topliss-reactive ketones (excluding diaryl/α,β-unsaturated/α-hetero) is 1. The lowest BCUT2D eigenvalue weighted by molar-refractivity contribution is -0.126. The van der Waals surface area contributed by atoms with Gasteiger partial charge in [0.2, 0.25) is 0 Å². The van der Waals surface area contributed by atoms with Gasteiger partial charge in [-0.1, -0.05) is 6.07 Å². The van der Waals surface area contributed by atoms with Crippen molar-refractivity contribution in [2.75, 3.05) is 44.6 Å². The number of rotatable bonds is 9. The maximum Gasteiger partial charge on any atom is 0.393 e. The van der Waals surface area contributed by atoms with E-state index in [0.717, 1.165) is 74.3 Å². The van der Waals surface area contributed by atoms with Crippen molar-refractivity contribution >= 4 is 44.1 Å². The summed E-state index contributed by atoms with van der Waals surface area (Å²) in [4.78, 5) is 25.9. The van der Waals surface area contributed by atoms with E-state index < -0.39 is 12.6 Å². The zero-order valence-corrected chi connectivity index (χ0v) is 26.3. The number of nitrogens with one attached hydrogen (secondary N) is 2. The van der Waals surface area contributed by atoms with Crippen molar-refractivity contribution < 1.29 is 18.0 Å². The van der Waals surface area contributed by atoms with Crippen LogP contribution in [0.2, 0.25) is 0 Å². The SMILES string of the molecule is CC(=O)C1CN(CCn2c(C#N)cc3c(C)c(CN4CCC(Nc5ncnc6sc(CC(F)(F)F)cc56)CC4)ccc32)CCN1. The van der Waals surface area contributed by atoms with Gasteiger partial charge in [-0.3, -0.25) is 14.6 Å². The minimum Gasteiger partial charge on any atom is -0.367 e. The molecule has 2 aliphatic heterocycles. The first kappa shape index (κ1) is 31.4. The van der Waals surface area contributed by atoms with Gasteiger partial charge in [0.15, 0.2) is 0 Å². The molecule has 0 saturated carbocycles. The molecule has 2 aliphatic rings. The minimum absolute atomic E-state index is 0.134. The first-order valence-electron chi connectivity index (χ1n) is 15.3. The van der Waals surface area contributed by atoms with Crippen LogP contribution < -0.4 is 10.6 Å². The number of nitrogens with zero attached hydrogens (tertiary/aromatic N) is 6. The molecule has 5 heterocycles. The fourth-order valence-electron chi connectivity index (χ4n) is 6.53. The predicted molar refractivity (Wildman–Crippen MR) is 169 cm³/mol. The average molecular weight is 639 g/mol. The zero-order chi connectivity index (χ0) is 31.7. The van der Waals surface area contributed by atoms with Gasteiger partial charge in [0.25, 0.3) is 0 Å². The molecule has 0 radical (unpaired) electrons. The fraction of sp³-hybridized carbons (Fsp3) is 0.500. The van der Waals surface area contributed by atoms with Crippen molar-refractivity contribution in [2.45, 2.75) is 64.5 Å². The number of carbonyl (C=O) groups excluding carboxylic acids is 1. The molecule has 0 spiro atoms. The number of piperidine rings is 1. The highest BCUT2D eigenvalue weighted by Crippen LogP contribution is 2.33. The molecule has 0 bridgehead atoms. The summed E-state index contributed by atoms with van der Waals surface area (Å²) < 4.78 is 40.9. The van der Waals surface area contributed by atoms with E-state index in [2.05, 4.69) is 60.1 Å². The number of alkyl halides is 3. The first-order chi connectivity index (χ1) is 21.6. The number of halogens is 3. The van der Waals surface area contributed by atoms with E-state index in [-0.39, 0.29) is 22.7 Å². The molecule has 13 heteroatoms. The Morgan fingerprint density at radius 3 is 2.67 bits per heavy atom. The number of aromatic nitrogens is 3. The molecule has 238 valence electrons. The number of piperazine rings is 1. The van der Waals surface area contributed by atoms with Gasteiger partial charge in [0, 0.05) is 74.2 Å². The number of thiophene rings is 1. The van der Waals surface area contributed by atoms with E-state index in [9.17, 15) is 23.2 Å². The Morgan fingerprint density at radius 1 is 1.13 bits per heavy atom. The highest BCUT2D eigenvalue weighted by Gasteiger charge is 2.29. The standard InChI is InChI=1S/C32H37F3N8OS/c1-20-22(3-4-29-26(20)13-24(16-36)43(29)12-11-42-10-7-37-28(18-42)21(2)44)17-41-8-5-23(6-9-41)40-30-27-14-25(15-32(33,34)35)45-31(27)39-19-38-30/h3-4,13-14,19,23,28,37H,5-12,15,17-18H2,1-2H3,(H,38,39,40). The zero-order valence-electron chi connectivity index (χ0n) is 25.5. The number of ketones is 1. The number of hydrogen-bond acceptors (Lipinski definition) is 9. The van der Waals surface area contributed by atoms with Gasteiger partial charge in [-0.25, -0.2) is 9.97 Å². The van der Waals surface area contributed by atoms with Crippen LogP contribution in [0.25, 0.3) is 21.1 Å². The van der Waals surface area contributed by atoms with Crippen molar-refractivity contribution in [3.8, 4) is 6.07 Å². The van der Waals surface area contributed by atoms with Gasteiger partial charge in [-0.15, -0.1) is 11.3 Å². The molecular weight excluding hydrogens is 601 g/mol. The van der Waals surface area contributed by atoms with Crippen molar-refractivity contribution in [1.82, 2.24) is 29.7 Å². The average Bonchev–Trinajstić information content (AvgIpc) is 3.59. The second-order valence-corrected chi connectivity index (χ2v) is 13.2. The monoisotopic (exact) mass is 638 g/mol. The van der Waals surface area contributed by atoms with Crippen LogP contribution in [-0.2, 0) is 24.3 Å². The lowest BCUT2D eigenvalue weighted by Gasteiger charge is -2.33. The summed E-state index contributed by atoms with van der Waals surface area (Å²) in [7, 11) is 0. The van der Waals surface area contributed by atoms with Gasteiger partial charge in [-0.05, 0) is 56.0 Å². The summed E-state index contributed by atoms with van der Waals surface area (Å²) in [6, 6.07) is 10.3. The van der Waals surface area contributed by atoms with Gasteiger partial charge >= 0.3 is 6.18 Å². The Kier molecular flexibility index (Phi) is 9.10. The summed E-state index contributed by atoms with van der Waals surface area (Å²) in [5.41, 5.74) is 4.11. The molecule has 0 aliphatic carbocycles. The third-order valence-corrected chi connectivity index (χ3v) is 10.1. The summed E-state index contributed by atoms with van der Waals surface area (Å²) in [6.07, 6.45) is -2.03. The summed E-state index contributed by atoms with van der Waals surface area (Å²) >= 11 is 1.06. The predicted octanol–water partition coefficient (Wildman–Crippen LogP) is 4.87. The van der Waals surface area contributed by atoms with E-state index in [1.165, 1.54) is 17.5 Å². The van der Waals surface area contributed by atoms with E-state index in [1.54, 1.807) is 13.0 Å². The molecule has 2 saturated heterocycles. The number of benzene rings is 1. The number of anilines is 1. The molecule has 1 unspecified atom stereocenters. The van der Waals surface area contributed by atoms with Crippen LogP contribution in [0.4, 0.5) is 19.0 Å². The van der Waals surface area contributed by atoms with Crippen LogP contribution in [-0.4, -0.2) is 87.6 Å². The summed E-state index contributed by atoms with van der Waals surface area (Å²) in [5.74, 6) is 0.747. The summed E-state index contributed by atoms with van der Waals surface area (Å²) in [5, 5.41) is 18.4. The van der Waals surface area contributed by atoms with Crippen LogP contribution in [0.3, 0.4) is 0 Å². The molecule has 9 nitrogen and oxygen atoms in total. The van der Waals surface area contributed by atoms with Gasteiger partial charge in [0.05, 0.1) is 17.8 Å². The molecular formula is C32H37F3N8OS. The second-order valence-electron chi connectivity index (χ2n) is 12.1. The maximum atomic E-state index is 12.9. The molecule has 2 N–H and O–H groups in total. The molecule has 4 aromatic rings.